The zero-order chi connectivity index (χ0) is 23.0. The second-order valence-corrected chi connectivity index (χ2v) is 8.87. The molecular weight excluding hydrogens is 410 g/mol. The minimum absolute atomic E-state index is 0.0761. The number of nitrogens with one attached hydrogen (secondary N) is 1. The summed E-state index contributed by atoms with van der Waals surface area (Å²) in [5.74, 6) is 2.34. The normalized spacial score (nSPS) is 20.8. The highest BCUT2D eigenvalue weighted by atomic mass is 16.5. The molecule has 3 heterocycles. The van der Waals surface area contributed by atoms with Crippen molar-refractivity contribution in [3.8, 4) is 11.5 Å². The Labute approximate surface area is 188 Å². The van der Waals surface area contributed by atoms with E-state index >= 15 is 0 Å². The Morgan fingerprint density at radius 1 is 1.03 bits per heavy atom. The minimum Gasteiger partial charge on any atom is -0.493 e. The van der Waals surface area contributed by atoms with Crippen molar-refractivity contribution in [2.24, 2.45) is 11.8 Å². The first kappa shape index (κ1) is 22.1. The summed E-state index contributed by atoms with van der Waals surface area (Å²) in [6, 6.07) is 2.93. The molecule has 0 spiro atoms. The Morgan fingerprint density at radius 3 is 2.28 bits per heavy atom. The third-order valence-corrected chi connectivity index (χ3v) is 6.72. The van der Waals surface area contributed by atoms with Gasteiger partial charge >= 0.3 is 6.03 Å². The molecular formula is C23H31N5O4. The summed E-state index contributed by atoms with van der Waals surface area (Å²) in [6.07, 6.45) is 3.30. The number of hydrogen-bond donors (Lipinski definition) is 1. The van der Waals surface area contributed by atoms with Crippen LogP contribution in [0.5, 0.6) is 11.5 Å². The predicted octanol–water partition coefficient (Wildman–Crippen LogP) is 2.83. The Bertz CT molecular complexity index is 1020. The molecule has 1 aromatic carbocycles. The maximum Gasteiger partial charge on any atom is 0.325 e. The number of carbonyl (C=O) groups is 2. The molecule has 2 fully saturated rings. The van der Waals surface area contributed by atoms with Gasteiger partial charge in [-0.3, -0.25) is 9.69 Å². The van der Waals surface area contributed by atoms with Crippen LogP contribution in [0.2, 0.25) is 0 Å². The lowest BCUT2D eigenvalue weighted by Gasteiger charge is -2.38. The highest BCUT2D eigenvalue weighted by Gasteiger charge is 2.44. The van der Waals surface area contributed by atoms with Gasteiger partial charge in [-0.05, 0) is 37.7 Å². The number of hydrogen-bond acceptors (Lipinski definition) is 7. The summed E-state index contributed by atoms with van der Waals surface area (Å²) >= 11 is 0. The number of imide groups is 1. The molecule has 1 N–H and O–H groups in total. The summed E-state index contributed by atoms with van der Waals surface area (Å²) in [6.45, 7) is 7.45. The predicted molar refractivity (Wildman–Crippen MR) is 121 cm³/mol. The van der Waals surface area contributed by atoms with Crippen molar-refractivity contribution in [2.75, 3.05) is 32.2 Å². The highest BCUT2D eigenvalue weighted by molar-refractivity contribution is 6.04. The third kappa shape index (κ3) is 3.80. The molecule has 9 nitrogen and oxygen atoms in total. The molecule has 2 aliphatic rings. The topological polar surface area (TPSA) is 96.9 Å². The van der Waals surface area contributed by atoms with Crippen molar-refractivity contribution in [1.82, 2.24) is 20.2 Å². The molecule has 0 bridgehead atoms. The summed E-state index contributed by atoms with van der Waals surface area (Å²) < 4.78 is 10.9. The van der Waals surface area contributed by atoms with E-state index < -0.39 is 6.04 Å². The molecule has 9 heteroatoms. The fraction of sp³-hybridized carbons (Fsp3) is 0.565. The number of nitrogens with zero attached hydrogens (tertiary/aromatic N) is 4. The molecule has 4 rings (SSSR count). The molecule has 2 saturated heterocycles. The van der Waals surface area contributed by atoms with Crippen molar-refractivity contribution in [3.63, 3.8) is 0 Å². The van der Waals surface area contributed by atoms with Gasteiger partial charge in [0.15, 0.2) is 11.5 Å². The summed E-state index contributed by atoms with van der Waals surface area (Å²) in [5, 5.41) is 3.74. The number of carbonyl (C=O) groups excluding carboxylic acids is 2. The lowest BCUT2D eigenvalue weighted by Crippen LogP contribution is -2.47. The minimum atomic E-state index is -0.426. The first-order chi connectivity index (χ1) is 15.3. The molecule has 3 amide bonds. The molecule has 2 aliphatic heterocycles. The number of anilines is 1. The van der Waals surface area contributed by atoms with Crippen LogP contribution in [0.4, 0.5) is 10.6 Å². The number of fused-ring (bicyclic) bond motifs is 1. The smallest absolute Gasteiger partial charge is 0.325 e. The van der Waals surface area contributed by atoms with Crippen LogP contribution in [0.3, 0.4) is 0 Å². The third-order valence-electron chi connectivity index (χ3n) is 6.72. The standard InChI is InChI=1S/C23H31N5O4/c1-13(2)20-22(29)28(23(30)26-20)14(3)15-6-8-27(9-7-15)21-16-10-18(31-4)19(32-5)11-17(16)24-12-25-21/h10-15,20H,6-9H2,1-5H3,(H,26,30). The number of benzene rings is 1. The van der Waals surface area contributed by atoms with E-state index in [0.717, 1.165) is 42.7 Å². The number of ether oxygens (including phenoxy) is 2. The van der Waals surface area contributed by atoms with Crippen molar-refractivity contribution in [3.05, 3.63) is 18.5 Å². The van der Waals surface area contributed by atoms with Crippen molar-refractivity contribution in [2.45, 2.75) is 45.7 Å². The molecule has 172 valence electrons. The van der Waals surface area contributed by atoms with Crippen LogP contribution < -0.4 is 19.7 Å². The van der Waals surface area contributed by atoms with E-state index in [0.29, 0.717) is 11.5 Å². The van der Waals surface area contributed by atoms with Crippen molar-refractivity contribution < 1.29 is 19.1 Å². The maximum atomic E-state index is 12.8. The van der Waals surface area contributed by atoms with E-state index in [9.17, 15) is 9.59 Å². The number of urea groups is 1. The van der Waals surface area contributed by atoms with Gasteiger partial charge in [0.05, 0.1) is 19.7 Å². The lowest BCUT2D eigenvalue weighted by molar-refractivity contribution is -0.130. The van der Waals surface area contributed by atoms with Gasteiger partial charge in [-0.1, -0.05) is 13.8 Å². The summed E-state index contributed by atoms with van der Waals surface area (Å²) in [5.41, 5.74) is 0.794. The monoisotopic (exact) mass is 441 g/mol. The Balaban J connectivity index is 1.50. The van der Waals surface area contributed by atoms with Crippen LogP contribution in [-0.2, 0) is 4.79 Å². The van der Waals surface area contributed by atoms with Gasteiger partial charge < -0.3 is 19.7 Å². The van der Waals surface area contributed by atoms with Gasteiger partial charge in [-0.25, -0.2) is 14.8 Å². The van der Waals surface area contributed by atoms with E-state index in [4.69, 9.17) is 9.47 Å². The molecule has 32 heavy (non-hydrogen) atoms. The van der Waals surface area contributed by atoms with E-state index in [1.807, 2.05) is 32.9 Å². The van der Waals surface area contributed by atoms with Crippen LogP contribution in [-0.4, -0.2) is 66.2 Å². The summed E-state index contributed by atoms with van der Waals surface area (Å²) in [4.78, 5) is 37.9. The second kappa shape index (κ2) is 8.80. The number of rotatable bonds is 6. The molecule has 0 radical (unpaired) electrons. The van der Waals surface area contributed by atoms with Crippen LogP contribution in [0.15, 0.2) is 18.5 Å². The molecule has 1 aromatic heterocycles. The first-order valence-electron chi connectivity index (χ1n) is 11.1. The van der Waals surface area contributed by atoms with E-state index in [1.165, 1.54) is 4.90 Å². The average Bonchev–Trinajstić information content (AvgIpc) is 3.11. The molecule has 0 saturated carbocycles. The van der Waals surface area contributed by atoms with Crippen LogP contribution in [0.25, 0.3) is 10.9 Å². The maximum absolute atomic E-state index is 12.8. The Kier molecular flexibility index (Phi) is 6.08. The molecule has 2 unspecified atom stereocenters. The van der Waals surface area contributed by atoms with Crippen LogP contribution >= 0.6 is 0 Å². The first-order valence-corrected chi connectivity index (χ1v) is 11.1. The van der Waals surface area contributed by atoms with E-state index in [1.54, 1.807) is 20.5 Å². The van der Waals surface area contributed by atoms with Crippen molar-refractivity contribution >= 4 is 28.7 Å². The molecule has 0 aliphatic carbocycles. The number of aromatic nitrogens is 2. The van der Waals surface area contributed by atoms with Crippen LogP contribution in [0.1, 0.15) is 33.6 Å². The fourth-order valence-corrected chi connectivity index (χ4v) is 4.78. The SMILES string of the molecule is COc1cc2ncnc(N3CCC(C(C)N4C(=O)NC(C(C)C)C4=O)CC3)c2cc1OC. The molecule has 2 atom stereocenters. The Hall–Kier alpha value is -3.10. The highest BCUT2D eigenvalue weighted by Crippen LogP contribution is 2.36. The van der Waals surface area contributed by atoms with Gasteiger partial charge in [0.25, 0.3) is 5.91 Å². The average molecular weight is 442 g/mol. The van der Waals surface area contributed by atoms with Gasteiger partial charge in [-0.2, -0.15) is 0 Å². The largest absolute Gasteiger partial charge is 0.493 e. The number of piperidine rings is 1. The molecule has 2 aromatic rings. The van der Waals surface area contributed by atoms with Gasteiger partial charge in [0, 0.05) is 30.6 Å². The van der Waals surface area contributed by atoms with Crippen LogP contribution in [0, 0.1) is 11.8 Å². The van der Waals surface area contributed by atoms with Gasteiger partial charge in [0.2, 0.25) is 0 Å². The second-order valence-electron chi connectivity index (χ2n) is 8.87. The van der Waals surface area contributed by atoms with Gasteiger partial charge in [0.1, 0.15) is 18.2 Å². The quantitative estimate of drug-likeness (QED) is 0.689. The van der Waals surface area contributed by atoms with Gasteiger partial charge in [-0.15, -0.1) is 0 Å². The fourth-order valence-electron chi connectivity index (χ4n) is 4.78. The number of methoxy groups -OCH3 is 2. The summed E-state index contributed by atoms with van der Waals surface area (Å²) in [7, 11) is 3.21. The van der Waals surface area contributed by atoms with E-state index in [2.05, 4.69) is 20.2 Å². The van der Waals surface area contributed by atoms with E-state index in [-0.39, 0.29) is 29.8 Å². The number of amides is 3. The zero-order valence-corrected chi connectivity index (χ0v) is 19.3. The Morgan fingerprint density at radius 2 is 1.69 bits per heavy atom. The van der Waals surface area contributed by atoms with Crippen molar-refractivity contribution in [1.29, 1.82) is 0 Å². The zero-order valence-electron chi connectivity index (χ0n) is 19.3. The lowest BCUT2D eigenvalue weighted by atomic mass is 9.89.